The first-order valence-electron chi connectivity index (χ1n) is 6.21. The van der Waals surface area contributed by atoms with E-state index in [1.807, 2.05) is 30.6 Å². The average Bonchev–Trinajstić information content (AvgIpc) is 2.37. The molecule has 2 nitrogen and oxygen atoms in total. The van der Waals surface area contributed by atoms with Gasteiger partial charge in [-0.3, -0.25) is 4.98 Å². The minimum atomic E-state index is 0.115. The molecular weight excluding hydrogens is 324 g/mol. The van der Waals surface area contributed by atoms with Crippen LogP contribution in [0.3, 0.4) is 0 Å². The highest BCUT2D eigenvalue weighted by atomic mass is 79.9. The number of hydrogen-bond donors (Lipinski definition) is 1. The van der Waals surface area contributed by atoms with Gasteiger partial charge in [0, 0.05) is 21.9 Å². The molecule has 1 heterocycles. The maximum Gasteiger partial charge on any atom is 0.0603 e. The molecule has 100 valence electrons. The highest BCUT2D eigenvalue weighted by Gasteiger charge is 2.16. The largest absolute Gasteiger partial charge is 0.306 e. The maximum atomic E-state index is 6.01. The summed E-state index contributed by atoms with van der Waals surface area (Å²) in [4.78, 5) is 4.28. The third kappa shape index (κ3) is 3.56. The number of halogens is 2. The van der Waals surface area contributed by atoms with E-state index in [4.69, 9.17) is 11.6 Å². The van der Waals surface area contributed by atoms with E-state index in [9.17, 15) is 0 Å². The van der Waals surface area contributed by atoms with Crippen molar-refractivity contribution in [2.24, 2.45) is 0 Å². The zero-order chi connectivity index (χ0) is 13.8. The van der Waals surface area contributed by atoms with Crippen LogP contribution in [0.1, 0.15) is 29.7 Å². The molecule has 0 aliphatic carbocycles. The van der Waals surface area contributed by atoms with Crippen molar-refractivity contribution in [1.82, 2.24) is 10.3 Å². The molecular formula is C15H16BrClN2. The van der Waals surface area contributed by atoms with Crippen molar-refractivity contribution in [2.45, 2.75) is 19.9 Å². The highest BCUT2D eigenvalue weighted by molar-refractivity contribution is 9.10. The van der Waals surface area contributed by atoms with Crippen LogP contribution in [0, 0.1) is 6.92 Å². The van der Waals surface area contributed by atoms with Crippen LogP contribution in [0.25, 0.3) is 0 Å². The van der Waals surface area contributed by atoms with Gasteiger partial charge in [-0.25, -0.2) is 0 Å². The molecule has 2 aromatic rings. The molecule has 0 aliphatic heterocycles. The number of aromatic nitrogens is 1. The van der Waals surface area contributed by atoms with E-state index < -0.39 is 0 Å². The van der Waals surface area contributed by atoms with Crippen molar-refractivity contribution in [3.8, 4) is 0 Å². The maximum absolute atomic E-state index is 6.01. The predicted molar refractivity (Wildman–Crippen MR) is 83.6 cm³/mol. The molecule has 0 fully saturated rings. The third-order valence-corrected chi connectivity index (χ3v) is 3.83. The number of aryl methyl sites for hydroxylation is 1. The Morgan fingerprint density at radius 2 is 2.11 bits per heavy atom. The van der Waals surface area contributed by atoms with Gasteiger partial charge in [-0.05, 0) is 42.3 Å². The Kier molecular flexibility index (Phi) is 4.97. The zero-order valence-electron chi connectivity index (χ0n) is 11.0. The smallest absolute Gasteiger partial charge is 0.0603 e. The van der Waals surface area contributed by atoms with Gasteiger partial charge in [0.1, 0.15) is 0 Å². The van der Waals surface area contributed by atoms with Crippen LogP contribution in [-0.2, 0) is 0 Å². The van der Waals surface area contributed by atoms with Gasteiger partial charge in [-0.15, -0.1) is 0 Å². The fourth-order valence-electron chi connectivity index (χ4n) is 2.08. The number of hydrogen-bond acceptors (Lipinski definition) is 2. The summed E-state index contributed by atoms with van der Waals surface area (Å²) < 4.78 is 1.01. The summed E-state index contributed by atoms with van der Waals surface area (Å²) in [6, 6.07) is 8.15. The molecule has 1 atom stereocenters. The van der Waals surface area contributed by atoms with Gasteiger partial charge in [-0.2, -0.15) is 0 Å². The second-order valence-corrected chi connectivity index (χ2v) is 5.74. The number of rotatable bonds is 4. The molecule has 1 N–H and O–H groups in total. The lowest BCUT2D eigenvalue weighted by molar-refractivity contribution is 0.626. The Bertz CT molecular complexity index is 572. The molecule has 0 amide bonds. The molecule has 0 radical (unpaired) electrons. The topological polar surface area (TPSA) is 24.9 Å². The van der Waals surface area contributed by atoms with E-state index in [1.54, 1.807) is 0 Å². The normalized spacial score (nSPS) is 12.4. The SMILES string of the molecule is CCNC(c1cncc(C)c1)c1ccc(Cl)cc1Br. The third-order valence-electron chi connectivity index (χ3n) is 2.91. The fourth-order valence-corrected chi connectivity index (χ4v) is 2.99. The fraction of sp³-hybridized carbons (Fsp3) is 0.267. The quantitative estimate of drug-likeness (QED) is 0.887. The van der Waals surface area contributed by atoms with Gasteiger partial charge >= 0.3 is 0 Å². The number of nitrogens with zero attached hydrogens (tertiary/aromatic N) is 1. The van der Waals surface area contributed by atoms with Crippen molar-refractivity contribution in [3.63, 3.8) is 0 Å². The monoisotopic (exact) mass is 338 g/mol. The summed E-state index contributed by atoms with van der Waals surface area (Å²) in [6.45, 7) is 5.03. The second-order valence-electron chi connectivity index (χ2n) is 4.45. The molecule has 19 heavy (non-hydrogen) atoms. The average molecular weight is 340 g/mol. The van der Waals surface area contributed by atoms with E-state index in [0.29, 0.717) is 0 Å². The second kappa shape index (κ2) is 6.51. The Hall–Kier alpha value is -0.900. The molecule has 4 heteroatoms. The molecule has 1 aromatic heterocycles. The van der Waals surface area contributed by atoms with Crippen molar-refractivity contribution in [2.75, 3.05) is 6.54 Å². The standard InChI is InChI=1S/C15H16BrClN2/c1-3-19-15(11-6-10(2)8-18-9-11)13-5-4-12(17)7-14(13)16/h4-9,15,19H,3H2,1-2H3. The van der Waals surface area contributed by atoms with Gasteiger partial charge in [0.2, 0.25) is 0 Å². The predicted octanol–water partition coefficient (Wildman–Crippen LogP) is 4.50. The van der Waals surface area contributed by atoms with E-state index >= 15 is 0 Å². The summed E-state index contributed by atoms with van der Waals surface area (Å²) in [5, 5.41) is 4.22. The summed E-state index contributed by atoms with van der Waals surface area (Å²) in [5.74, 6) is 0. The van der Waals surface area contributed by atoms with Crippen molar-refractivity contribution >= 4 is 27.5 Å². The molecule has 1 unspecified atom stereocenters. The minimum absolute atomic E-state index is 0.115. The summed E-state index contributed by atoms with van der Waals surface area (Å²) in [5.41, 5.74) is 3.48. The van der Waals surface area contributed by atoms with Gasteiger partial charge in [-0.1, -0.05) is 46.6 Å². The van der Waals surface area contributed by atoms with Crippen LogP contribution in [0.5, 0.6) is 0 Å². The molecule has 0 spiro atoms. The van der Waals surface area contributed by atoms with Crippen LogP contribution in [0.15, 0.2) is 41.1 Å². The van der Waals surface area contributed by atoms with Crippen molar-refractivity contribution < 1.29 is 0 Å². The summed E-state index contributed by atoms with van der Waals surface area (Å²) in [7, 11) is 0. The lowest BCUT2D eigenvalue weighted by Gasteiger charge is -2.20. The van der Waals surface area contributed by atoms with Crippen LogP contribution in [0.2, 0.25) is 5.02 Å². The Morgan fingerprint density at radius 1 is 1.32 bits per heavy atom. The van der Waals surface area contributed by atoms with Gasteiger partial charge in [0.15, 0.2) is 0 Å². The minimum Gasteiger partial charge on any atom is -0.306 e. The van der Waals surface area contributed by atoms with Gasteiger partial charge in [0.05, 0.1) is 6.04 Å². The van der Waals surface area contributed by atoms with E-state index in [-0.39, 0.29) is 6.04 Å². The first kappa shape index (κ1) is 14.5. The molecule has 2 rings (SSSR count). The van der Waals surface area contributed by atoms with E-state index in [0.717, 1.165) is 27.2 Å². The van der Waals surface area contributed by atoms with E-state index in [2.05, 4.69) is 46.1 Å². The Morgan fingerprint density at radius 3 is 2.74 bits per heavy atom. The Labute approximate surface area is 127 Å². The van der Waals surface area contributed by atoms with Gasteiger partial charge in [0.25, 0.3) is 0 Å². The van der Waals surface area contributed by atoms with Crippen LogP contribution in [-0.4, -0.2) is 11.5 Å². The van der Waals surface area contributed by atoms with Crippen LogP contribution >= 0.6 is 27.5 Å². The number of nitrogens with one attached hydrogen (secondary N) is 1. The number of benzene rings is 1. The molecule has 0 saturated carbocycles. The molecule has 0 saturated heterocycles. The Balaban J connectivity index is 2.45. The lowest BCUT2D eigenvalue weighted by Crippen LogP contribution is -2.22. The van der Waals surface area contributed by atoms with Gasteiger partial charge < -0.3 is 5.32 Å². The number of pyridine rings is 1. The highest BCUT2D eigenvalue weighted by Crippen LogP contribution is 2.30. The van der Waals surface area contributed by atoms with Crippen LogP contribution < -0.4 is 5.32 Å². The first-order valence-corrected chi connectivity index (χ1v) is 7.38. The zero-order valence-corrected chi connectivity index (χ0v) is 13.3. The lowest BCUT2D eigenvalue weighted by atomic mass is 9.99. The van der Waals surface area contributed by atoms with Crippen LogP contribution in [0.4, 0.5) is 0 Å². The van der Waals surface area contributed by atoms with Crippen molar-refractivity contribution in [3.05, 3.63) is 62.8 Å². The van der Waals surface area contributed by atoms with Crippen molar-refractivity contribution in [1.29, 1.82) is 0 Å². The molecule has 1 aromatic carbocycles. The summed E-state index contributed by atoms with van der Waals surface area (Å²) >= 11 is 9.60. The first-order chi connectivity index (χ1) is 9.11. The summed E-state index contributed by atoms with van der Waals surface area (Å²) in [6.07, 6.45) is 3.77. The molecule has 0 aliphatic rings. The van der Waals surface area contributed by atoms with E-state index in [1.165, 1.54) is 5.56 Å². The molecule has 0 bridgehead atoms.